The monoisotopic (exact) mass is 305 g/mol. The SMILES string of the molecule is Cc1cc(N(C)C)c2c(c1NC(=O)OC(C)(C)C)CCNC2. The standard InChI is InChI=1S/C17H27N3O2/c1-11-9-14(20(5)6)13-10-18-8-7-12(13)15(11)19-16(21)22-17(2,3)4/h9,18H,7-8,10H2,1-6H3,(H,19,21). The van der Waals surface area contributed by atoms with Gasteiger partial charge in [-0.05, 0) is 63.4 Å². The van der Waals surface area contributed by atoms with Crippen molar-refractivity contribution in [1.29, 1.82) is 0 Å². The second-order valence-electron chi connectivity index (χ2n) is 6.99. The lowest BCUT2D eigenvalue weighted by atomic mass is 9.93. The number of hydrogen-bond acceptors (Lipinski definition) is 4. The van der Waals surface area contributed by atoms with Crippen molar-refractivity contribution in [3.8, 4) is 0 Å². The summed E-state index contributed by atoms with van der Waals surface area (Å²) >= 11 is 0. The van der Waals surface area contributed by atoms with Crippen LogP contribution >= 0.6 is 0 Å². The van der Waals surface area contributed by atoms with E-state index in [0.717, 1.165) is 30.8 Å². The molecule has 2 N–H and O–H groups in total. The third-order valence-corrected chi connectivity index (χ3v) is 3.68. The summed E-state index contributed by atoms with van der Waals surface area (Å²) in [7, 11) is 4.09. The van der Waals surface area contributed by atoms with Crippen LogP contribution in [-0.4, -0.2) is 32.3 Å². The average Bonchev–Trinajstić information content (AvgIpc) is 2.39. The van der Waals surface area contributed by atoms with Crippen LogP contribution in [0.3, 0.4) is 0 Å². The van der Waals surface area contributed by atoms with E-state index in [9.17, 15) is 4.79 Å². The highest BCUT2D eigenvalue weighted by molar-refractivity contribution is 5.88. The van der Waals surface area contributed by atoms with Crippen LogP contribution in [0, 0.1) is 6.92 Å². The third kappa shape index (κ3) is 3.71. The molecule has 0 fully saturated rings. The number of carbonyl (C=O) groups excluding carboxylic acids is 1. The van der Waals surface area contributed by atoms with E-state index in [-0.39, 0.29) is 0 Å². The molecule has 1 aliphatic rings. The summed E-state index contributed by atoms with van der Waals surface area (Å²) in [5.41, 5.74) is 5.14. The third-order valence-electron chi connectivity index (χ3n) is 3.68. The van der Waals surface area contributed by atoms with E-state index >= 15 is 0 Å². The Bertz CT molecular complexity index is 574. The molecule has 1 heterocycles. The minimum Gasteiger partial charge on any atom is -0.444 e. The number of rotatable bonds is 2. The van der Waals surface area contributed by atoms with Gasteiger partial charge in [-0.2, -0.15) is 0 Å². The van der Waals surface area contributed by atoms with E-state index in [1.54, 1.807) is 0 Å². The number of hydrogen-bond donors (Lipinski definition) is 2. The van der Waals surface area contributed by atoms with Gasteiger partial charge in [-0.15, -0.1) is 0 Å². The fraction of sp³-hybridized carbons (Fsp3) is 0.588. The van der Waals surface area contributed by atoms with Crippen LogP contribution in [0.25, 0.3) is 0 Å². The van der Waals surface area contributed by atoms with Gasteiger partial charge >= 0.3 is 6.09 Å². The van der Waals surface area contributed by atoms with Crippen molar-refractivity contribution in [3.63, 3.8) is 0 Å². The number of amides is 1. The van der Waals surface area contributed by atoms with Crippen molar-refractivity contribution in [2.75, 3.05) is 30.9 Å². The molecular formula is C17H27N3O2. The van der Waals surface area contributed by atoms with Gasteiger partial charge in [-0.1, -0.05) is 0 Å². The van der Waals surface area contributed by atoms with E-state index < -0.39 is 11.7 Å². The lowest BCUT2D eigenvalue weighted by molar-refractivity contribution is 0.0635. The predicted molar refractivity (Wildman–Crippen MR) is 90.8 cm³/mol. The molecule has 2 rings (SSSR count). The molecule has 5 nitrogen and oxygen atoms in total. The van der Waals surface area contributed by atoms with Gasteiger partial charge in [0.25, 0.3) is 0 Å². The Morgan fingerprint density at radius 1 is 1.32 bits per heavy atom. The maximum atomic E-state index is 12.1. The largest absolute Gasteiger partial charge is 0.444 e. The molecule has 22 heavy (non-hydrogen) atoms. The van der Waals surface area contributed by atoms with Crippen molar-refractivity contribution in [2.24, 2.45) is 0 Å². The molecule has 0 aliphatic carbocycles. The van der Waals surface area contributed by atoms with E-state index in [4.69, 9.17) is 4.74 Å². The number of carbonyl (C=O) groups is 1. The number of anilines is 2. The molecule has 0 saturated carbocycles. The van der Waals surface area contributed by atoms with E-state index in [0.29, 0.717) is 0 Å². The first kappa shape index (κ1) is 16.6. The van der Waals surface area contributed by atoms with Gasteiger partial charge in [-0.25, -0.2) is 4.79 Å². The van der Waals surface area contributed by atoms with Crippen LogP contribution in [0.5, 0.6) is 0 Å². The summed E-state index contributed by atoms with van der Waals surface area (Å²) in [6, 6.07) is 2.12. The van der Waals surface area contributed by atoms with Crippen molar-refractivity contribution >= 4 is 17.5 Å². The first-order chi connectivity index (χ1) is 10.2. The molecule has 1 aromatic carbocycles. The maximum Gasteiger partial charge on any atom is 0.412 e. The van der Waals surface area contributed by atoms with Gasteiger partial charge < -0.3 is 15.0 Å². The predicted octanol–water partition coefficient (Wildman–Crippen LogP) is 3.05. The van der Waals surface area contributed by atoms with Gasteiger partial charge in [0.1, 0.15) is 5.60 Å². The summed E-state index contributed by atoms with van der Waals surface area (Å²) in [5.74, 6) is 0. The number of nitrogens with zero attached hydrogens (tertiary/aromatic N) is 1. The van der Waals surface area contributed by atoms with Crippen LogP contribution in [0.4, 0.5) is 16.2 Å². The first-order valence-corrected chi connectivity index (χ1v) is 7.72. The topological polar surface area (TPSA) is 53.6 Å². The summed E-state index contributed by atoms with van der Waals surface area (Å²) in [6.45, 7) is 9.39. The lowest BCUT2D eigenvalue weighted by Crippen LogP contribution is -2.30. The van der Waals surface area contributed by atoms with Crippen LogP contribution < -0.4 is 15.5 Å². The zero-order chi connectivity index (χ0) is 16.5. The zero-order valence-electron chi connectivity index (χ0n) is 14.5. The molecule has 1 aliphatic heterocycles. The van der Waals surface area contributed by atoms with Crippen molar-refractivity contribution in [3.05, 3.63) is 22.8 Å². The number of nitrogens with one attached hydrogen (secondary N) is 2. The molecule has 1 aromatic rings. The van der Waals surface area contributed by atoms with Crippen molar-refractivity contribution < 1.29 is 9.53 Å². The quantitative estimate of drug-likeness (QED) is 0.882. The Labute approximate surface area is 133 Å². The van der Waals surface area contributed by atoms with Crippen LogP contribution in [-0.2, 0) is 17.7 Å². The Balaban J connectivity index is 2.38. The molecule has 0 radical (unpaired) electrons. The van der Waals surface area contributed by atoms with Gasteiger partial charge in [-0.3, -0.25) is 5.32 Å². The van der Waals surface area contributed by atoms with Crippen LogP contribution in [0.1, 0.15) is 37.5 Å². The summed E-state index contributed by atoms with van der Waals surface area (Å²) in [6.07, 6.45) is 0.511. The molecule has 1 amide bonds. The molecule has 0 bridgehead atoms. The lowest BCUT2D eigenvalue weighted by Gasteiger charge is -2.29. The Morgan fingerprint density at radius 3 is 2.59 bits per heavy atom. The maximum absolute atomic E-state index is 12.1. The van der Waals surface area contributed by atoms with E-state index in [1.165, 1.54) is 16.8 Å². The van der Waals surface area contributed by atoms with E-state index in [2.05, 4.69) is 21.6 Å². The highest BCUT2D eigenvalue weighted by atomic mass is 16.6. The van der Waals surface area contributed by atoms with Gasteiger partial charge in [0.2, 0.25) is 0 Å². The van der Waals surface area contributed by atoms with Crippen molar-refractivity contribution in [1.82, 2.24) is 5.32 Å². The van der Waals surface area contributed by atoms with Gasteiger partial charge in [0, 0.05) is 26.3 Å². The van der Waals surface area contributed by atoms with Crippen LogP contribution in [0.15, 0.2) is 6.07 Å². The van der Waals surface area contributed by atoms with Crippen LogP contribution in [0.2, 0.25) is 0 Å². The molecule has 0 aromatic heterocycles. The smallest absolute Gasteiger partial charge is 0.412 e. The molecule has 0 spiro atoms. The fourth-order valence-corrected chi connectivity index (χ4v) is 2.79. The molecule has 0 atom stereocenters. The van der Waals surface area contributed by atoms with Crippen molar-refractivity contribution in [2.45, 2.75) is 46.3 Å². The molecule has 0 saturated heterocycles. The second kappa shape index (κ2) is 6.16. The Hall–Kier alpha value is -1.75. The number of aryl methyl sites for hydroxylation is 1. The minimum absolute atomic E-state index is 0.395. The van der Waals surface area contributed by atoms with Gasteiger partial charge in [0.05, 0.1) is 5.69 Å². The Kier molecular flexibility index (Phi) is 4.66. The number of ether oxygens (including phenoxy) is 1. The second-order valence-corrected chi connectivity index (χ2v) is 6.99. The number of benzene rings is 1. The fourth-order valence-electron chi connectivity index (χ4n) is 2.79. The summed E-state index contributed by atoms with van der Waals surface area (Å²) < 4.78 is 5.39. The molecule has 0 unspecified atom stereocenters. The molecule has 122 valence electrons. The first-order valence-electron chi connectivity index (χ1n) is 7.72. The summed E-state index contributed by atoms with van der Waals surface area (Å²) in [4.78, 5) is 14.2. The molecular weight excluding hydrogens is 278 g/mol. The zero-order valence-corrected chi connectivity index (χ0v) is 14.5. The Morgan fingerprint density at radius 2 is 2.00 bits per heavy atom. The highest BCUT2D eigenvalue weighted by Gasteiger charge is 2.23. The van der Waals surface area contributed by atoms with Gasteiger partial charge in [0.15, 0.2) is 0 Å². The molecule has 5 heteroatoms. The minimum atomic E-state index is -0.497. The van der Waals surface area contributed by atoms with E-state index in [1.807, 2.05) is 41.8 Å². The average molecular weight is 305 g/mol. The number of fused-ring (bicyclic) bond motifs is 1. The highest BCUT2D eigenvalue weighted by Crippen LogP contribution is 2.34. The summed E-state index contributed by atoms with van der Waals surface area (Å²) in [5, 5.41) is 6.36. The normalized spacial score (nSPS) is 14.3.